The van der Waals surface area contributed by atoms with Gasteiger partial charge in [0.15, 0.2) is 11.3 Å². The number of hydrogen-bond acceptors (Lipinski definition) is 4. The van der Waals surface area contributed by atoms with Crippen molar-refractivity contribution in [2.45, 2.75) is 6.18 Å². The van der Waals surface area contributed by atoms with Crippen LogP contribution in [0.15, 0.2) is 41.3 Å². The number of aromatic nitrogens is 3. The number of nitrogens with zero attached hydrogens (tertiary/aromatic N) is 3. The van der Waals surface area contributed by atoms with Crippen LogP contribution in [0, 0.1) is 0 Å². The molecular weight excluding hydrogens is 345 g/mol. The number of para-hydroxylation sites is 1. The molecule has 5 nitrogen and oxygen atoms in total. The summed E-state index contributed by atoms with van der Waals surface area (Å²) in [5.74, 6) is 0. The van der Waals surface area contributed by atoms with E-state index in [-0.39, 0.29) is 27.6 Å². The number of benzene rings is 1. The minimum atomic E-state index is -4.68. The molecule has 0 aliphatic carbocycles. The Kier molecular flexibility index (Phi) is 3.92. The normalized spacial score (nSPS) is 11.7. The summed E-state index contributed by atoms with van der Waals surface area (Å²) in [5.41, 5.74) is -1.36. The molecule has 9 heteroatoms. The van der Waals surface area contributed by atoms with E-state index in [2.05, 4.69) is 15.3 Å². The van der Waals surface area contributed by atoms with Gasteiger partial charge in [0.05, 0.1) is 22.6 Å². The van der Waals surface area contributed by atoms with Crippen LogP contribution in [-0.4, -0.2) is 21.6 Å². The van der Waals surface area contributed by atoms with Crippen molar-refractivity contribution in [3.05, 3.63) is 57.6 Å². The zero-order valence-corrected chi connectivity index (χ0v) is 13.0. The number of pyridine rings is 1. The van der Waals surface area contributed by atoms with E-state index in [9.17, 15) is 18.0 Å². The summed E-state index contributed by atoms with van der Waals surface area (Å²) in [5, 5.41) is 2.94. The maximum Gasteiger partial charge on any atom is 0.434 e. The highest BCUT2D eigenvalue weighted by atomic mass is 35.5. The predicted octanol–water partition coefficient (Wildman–Crippen LogP) is 3.49. The minimum Gasteiger partial charge on any atom is -0.386 e. The van der Waals surface area contributed by atoms with Crippen molar-refractivity contribution in [3.8, 4) is 5.69 Å². The van der Waals surface area contributed by atoms with Crippen molar-refractivity contribution in [2.75, 3.05) is 12.4 Å². The van der Waals surface area contributed by atoms with E-state index in [0.717, 1.165) is 4.57 Å². The molecule has 3 aromatic rings. The SMILES string of the molecule is CNc1cc(=O)n(-c2ccccc2Cl)c2nc(C(F)(F)F)cnc12. The van der Waals surface area contributed by atoms with Crippen molar-refractivity contribution in [1.29, 1.82) is 0 Å². The highest BCUT2D eigenvalue weighted by Gasteiger charge is 2.34. The highest BCUT2D eigenvalue weighted by Crippen LogP contribution is 2.30. The molecule has 0 aliphatic rings. The van der Waals surface area contributed by atoms with E-state index in [0.29, 0.717) is 6.20 Å². The maximum absolute atomic E-state index is 13.0. The second kappa shape index (κ2) is 5.79. The van der Waals surface area contributed by atoms with Crippen molar-refractivity contribution in [3.63, 3.8) is 0 Å². The topological polar surface area (TPSA) is 59.8 Å². The first kappa shape index (κ1) is 16.3. The summed E-state index contributed by atoms with van der Waals surface area (Å²) in [7, 11) is 1.54. The Morgan fingerprint density at radius 3 is 2.58 bits per heavy atom. The lowest BCUT2D eigenvalue weighted by molar-refractivity contribution is -0.141. The van der Waals surface area contributed by atoms with Crippen molar-refractivity contribution >= 4 is 28.5 Å². The third-order valence-corrected chi connectivity index (χ3v) is 3.68. The average molecular weight is 355 g/mol. The van der Waals surface area contributed by atoms with Crippen LogP contribution >= 0.6 is 11.6 Å². The number of anilines is 1. The molecule has 0 saturated carbocycles. The average Bonchev–Trinajstić information content (AvgIpc) is 2.54. The molecule has 0 spiro atoms. The Hall–Kier alpha value is -2.61. The second-order valence-corrected chi connectivity index (χ2v) is 5.27. The quantitative estimate of drug-likeness (QED) is 0.765. The largest absolute Gasteiger partial charge is 0.434 e. The lowest BCUT2D eigenvalue weighted by Gasteiger charge is -2.14. The Balaban J connectivity index is 2.46. The molecule has 0 unspecified atom stereocenters. The van der Waals surface area contributed by atoms with Gasteiger partial charge in [-0.3, -0.25) is 9.36 Å². The van der Waals surface area contributed by atoms with Crippen LogP contribution in [0.3, 0.4) is 0 Å². The number of hydrogen-bond donors (Lipinski definition) is 1. The Morgan fingerprint density at radius 2 is 1.96 bits per heavy atom. The van der Waals surface area contributed by atoms with Gasteiger partial charge in [0.25, 0.3) is 5.56 Å². The van der Waals surface area contributed by atoms with Crippen LogP contribution in [0.2, 0.25) is 5.02 Å². The van der Waals surface area contributed by atoms with Gasteiger partial charge in [-0.05, 0) is 12.1 Å². The van der Waals surface area contributed by atoms with Crippen LogP contribution in [0.5, 0.6) is 0 Å². The second-order valence-electron chi connectivity index (χ2n) is 4.86. The fraction of sp³-hybridized carbons (Fsp3) is 0.133. The van der Waals surface area contributed by atoms with E-state index in [1.807, 2.05) is 0 Å². The molecule has 1 N–H and O–H groups in total. The molecule has 3 rings (SSSR count). The highest BCUT2D eigenvalue weighted by molar-refractivity contribution is 6.32. The van der Waals surface area contributed by atoms with Crippen LogP contribution in [0.4, 0.5) is 18.9 Å². The lowest BCUT2D eigenvalue weighted by atomic mass is 10.2. The minimum absolute atomic E-state index is 0.130. The van der Waals surface area contributed by atoms with E-state index < -0.39 is 17.4 Å². The third-order valence-electron chi connectivity index (χ3n) is 3.36. The number of fused-ring (bicyclic) bond motifs is 1. The number of halogens is 4. The summed E-state index contributed by atoms with van der Waals surface area (Å²) < 4.78 is 40.0. The fourth-order valence-electron chi connectivity index (χ4n) is 2.28. The van der Waals surface area contributed by atoms with Gasteiger partial charge in [0.2, 0.25) is 0 Å². The van der Waals surface area contributed by atoms with E-state index in [4.69, 9.17) is 11.6 Å². The first-order valence-electron chi connectivity index (χ1n) is 6.75. The third kappa shape index (κ3) is 2.69. The predicted molar refractivity (Wildman–Crippen MR) is 84.7 cm³/mol. The zero-order valence-electron chi connectivity index (χ0n) is 12.2. The van der Waals surface area contributed by atoms with E-state index in [1.54, 1.807) is 12.1 Å². The number of alkyl halides is 3. The molecule has 0 saturated heterocycles. The molecule has 0 bridgehead atoms. The van der Waals surface area contributed by atoms with E-state index in [1.165, 1.54) is 25.2 Å². The fourth-order valence-corrected chi connectivity index (χ4v) is 2.50. The number of rotatable bonds is 2. The molecule has 0 fully saturated rings. The van der Waals surface area contributed by atoms with Crippen LogP contribution in [-0.2, 0) is 6.18 Å². The molecule has 124 valence electrons. The molecule has 2 heterocycles. The maximum atomic E-state index is 13.0. The van der Waals surface area contributed by atoms with Gasteiger partial charge >= 0.3 is 6.18 Å². The van der Waals surface area contributed by atoms with Crippen LogP contribution in [0.1, 0.15) is 5.69 Å². The molecule has 2 aromatic heterocycles. The van der Waals surface area contributed by atoms with Crippen LogP contribution < -0.4 is 10.9 Å². The van der Waals surface area contributed by atoms with Crippen molar-refractivity contribution < 1.29 is 13.2 Å². The van der Waals surface area contributed by atoms with Gasteiger partial charge in [0.1, 0.15) is 5.52 Å². The van der Waals surface area contributed by atoms with Gasteiger partial charge in [-0.1, -0.05) is 23.7 Å². The summed E-state index contributed by atoms with van der Waals surface area (Å²) in [6.07, 6.45) is -4.05. The standard InChI is InChI=1S/C15H10ClF3N4O/c1-20-9-6-12(24)23(10-5-3-2-4-8(10)16)14-13(9)21-7-11(22-14)15(17,18)19/h2-7,20H,1H3. The smallest absolute Gasteiger partial charge is 0.386 e. The van der Waals surface area contributed by atoms with Gasteiger partial charge < -0.3 is 5.32 Å². The monoisotopic (exact) mass is 354 g/mol. The Morgan fingerprint density at radius 1 is 1.25 bits per heavy atom. The van der Waals surface area contributed by atoms with Gasteiger partial charge in [-0.25, -0.2) is 9.97 Å². The first-order valence-corrected chi connectivity index (χ1v) is 7.13. The van der Waals surface area contributed by atoms with Crippen molar-refractivity contribution in [2.24, 2.45) is 0 Å². The summed E-state index contributed by atoms with van der Waals surface area (Å²) >= 11 is 6.09. The molecule has 0 atom stereocenters. The molecule has 0 aliphatic heterocycles. The molecule has 0 amide bonds. The zero-order chi connectivity index (χ0) is 17.5. The molecular formula is C15H10ClF3N4O. The van der Waals surface area contributed by atoms with Gasteiger partial charge in [-0.15, -0.1) is 0 Å². The summed E-state index contributed by atoms with van der Waals surface area (Å²) in [6, 6.07) is 7.54. The Bertz CT molecular complexity index is 985. The van der Waals surface area contributed by atoms with E-state index >= 15 is 0 Å². The number of nitrogens with one attached hydrogen (secondary N) is 1. The molecule has 24 heavy (non-hydrogen) atoms. The van der Waals surface area contributed by atoms with Gasteiger partial charge in [0, 0.05) is 13.1 Å². The lowest BCUT2D eigenvalue weighted by Crippen LogP contribution is -2.22. The molecule has 1 aromatic carbocycles. The van der Waals surface area contributed by atoms with Gasteiger partial charge in [-0.2, -0.15) is 13.2 Å². The summed E-state index contributed by atoms with van der Waals surface area (Å²) in [6.45, 7) is 0. The van der Waals surface area contributed by atoms with Crippen LogP contribution in [0.25, 0.3) is 16.9 Å². The molecule has 0 radical (unpaired) electrons. The van der Waals surface area contributed by atoms with Crippen molar-refractivity contribution in [1.82, 2.24) is 14.5 Å². The first-order chi connectivity index (χ1) is 11.3. The summed E-state index contributed by atoms with van der Waals surface area (Å²) in [4.78, 5) is 19.9. The Labute approximate surface area is 138 Å².